The number of hydrogen-bond acceptors (Lipinski definition) is 5. The predicted octanol–water partition coefficient (Wildman–Crippen LogP) is 1.87. The highest BCUT2D eigenvalue weighted by atomic mass is 32.2. The molecule has 1 aromatic heterocycles. The van der Waals surface area contributed by atoms with Crippen molar-refractivity contribution in [3.63, 3.8) is 0 Å². The molecular weight excluding hydrogens is 464 g/mol. The van der Waals surface area contributed by atoms with Crippen LogP contribution in [0.2, 0.25) is 0 Å². The summed E-state index contributed by atoms with van der Waals surface area (Å²) in [5.41, 5.74) is -0.285. The van der Waals surface area contributed by atoms with Gasteiger partial charge in [-0.15, -0.1) is 0 Å². The summed E-state index contributed by atoms with van der Waals surface area (Å²) in [7, 11) is -3.17. The third-order valence-corrected chi connectivity index (χ3v) is 5.81. The van der Waals surface area contributed by atoms with E-state index in [-0.39, 0.29) is 37.2 Å². The molecule has 3 N–H and O–H groups in total. The van der Waals surface area contributed by atoms with Gasteiger partial charge in [-0.05, 0) is 18.6 Å². The molecule has 0 atom stereocenters. The molecule has 2 rings (SSSR count). The van der Waals surface area contributed by atoms with Gasteiger partial charge in [-0.25, -0.2) is 22.2 Å². The highest BCUT2D eigenvalue weighted by Gasteiger charge is 2.35. The van der Waals surface area contributed by atoms with Crippen molar-refractivity contribution in [3.05, 3.63) is 56.1 Å². The number of nitrogens with zero attached hydrogens (tertiary/aromatic N) is 2. The van der Waals surface area contributed by atoms with Crippen molar-refractivity contribution in [2.45, 2.75) is 25.9 Å². The van der Waals surface area contributed by atoms with E-state index in [1.54, 1.807) is 6.92 Å². The molecular formula is C17H18F4N4O4S2. The Labute approximate surface area is 179 Å². The van der Waals surface area contributed by atoms with Crippen molar-refractivity contribution < 1.29 is 26.0 Å². The van der Waals surface area contributed by atoms with Crippen LogP contribution in [0.5, 0.6) is 0 Å². The quantitative estimate of drug-likeness (QED) is 0.460. The van der Waals surface area contributed by atoms with Gasteiger partial charge < -0.3 is 5.73 Å². The molecule has 0 aliphatic rings. The van der Waals surface area contributed by atoms with Crippen molar-refractivity contribution in [2.24, 2.45) is 12.8 Å². The van der Waals surface area contributed by atoms with Crippen LogP contribution in [0, 0.1) is 5.82 Å². The molecule has 31 heavy (non-hydrogen) atoms. The van der Waals surface area contributed by atoms with E-state index < -0.39 is 44.6 Å². The highest BCUT2D eigenvalue weighted by molar-refractivity contribution is 7.92. The monoisotopic (exact) mass is 482 g/mol. The Bertz CT molecular complexity index is 1250. The standard InChI is InChI=1S/C17H18F4N4O4S2/c1-3-4-5-31(28,29)23-11-7-12(10(18)6-9(11)15(22)30)25-14(26)8-13(17(19,20)21)24(2)16(25)27/h6-8,23H,3-5H2,1-2H3,(H2,22,30). The van der Waals surface area contributed by atoms with Gasteiger partial charge in [0.2, 0.25) is 10.0 Å². The Kier molecular flexibility index (Phi) is 6.95. The van der Waals surface area contributed by atoms with Crippen LogP contribution >= 0.6 is 12.2 Å². The smallest absolute Gasteiger partial charge is 0.389 e. The molecule has 0 saturated heterocycles. The van der Waals surface area contributed by atoms with Gasteiger partial charge in [-0.3, -0.25) is 14.1 Å². The van der Waals surface area contributed by atoms with Crippen LogP contribution in [-0.4, -0.2) is 28.3 Å². The Morgan fingerprint density at radius 1 is 1.23 bits per heavy atom. The number of nitrogens with two attached hydrogens (primary N) is 1. The van der Waals surface area contributed by atoms with Crippen molar-refractivity contribution in [1.29, 1.82) is 0 Å². The van der Waals surface area contributed by atoms with E-state index in [1.165, 1.54) is 0 Å². The van der Waals surface area contributed by atoms with E-state index in [1.807, 2.05) is 0 Å². The SMILES string of the molecule is CCCCS(=O)(=O)Nc1cc(-n2c(=O)cc(C(F)(F)F)n(C)c2=O)c(F)cc1C(N)=S. The lowest BCUT2D eigenvalue weighted by molar-refractivity contribution is -0.144. The van der Waals surface area contributed by atoms with E-state index in [9.17, 15) is 35.6 Å². The minimum atomic E-state index is -5.00. The molecule has 0 unspecified atom stereocenters. The number of alkyl halides is 3. The molecule has 8 nitrogen and oxygen atoms in total. The molecule has 0 amide bonds. The summed E-state index contributed by atoms with van der Waals surface area (Å²) in [5.74, 6) is -1.51. The third kappa shape index (κ3) is 5.31. The van der Waals surface area contributed by atoms with E-state index in [2.05, 4.69) is 4.72 Å². The summed E-state index contributed by atoms with van der Waals surface area (Å²) >= 11 is 4.79. The average molecular weight is 482 g/mol. The number of hydrogen-bond donors (Lipinski definition) is 2. The predicted molar refractivity (Wildman–Crippen MR) is 110 cm³/mol. The lowest BCUT2D eigenvalue weighted by atomic mass is 10.1. The highest BCUT2D eigenvalue weighted by Crippen LogP contribution is 2.28. The third-order valence-electron chi connectivity index (χ3n) is 4.24. The summed E-state index contributed by atoms with van der Waals surface area (Å²) < 4.78 is 80.8. The van der Waals surface area contributed by atoms with Gasteiger partial charge in [0.1, 0.15) is 16.5 Å². The Morgan fingerprint density at radius 3 is 2.35 bits per heavy atom. The number of aromatic nitrogens is 2. The number of anilines is 1. The van der Waals surface area contributed by atoms with Crippen molar-refractivity contribution in [1.82, 2.24) is 9.13 Å². The van der Waals surface area contributed by atoms with Crippen LogP contribution in [0.15, 0.2) is 27.8 Å². The summed E-state index contributed by atoms with van der Waals surface area (Å²) in [4.78, 5) is 24.3. The van der Waals surface area contributed by atoms with Crippen molar-refractivity contribution in [3.8, 4) is 5.69 Å². The Hall–Kier alpha value is -2.74. The number of nitrogens with one attached hydrogen (secondary N) is 1. The maximum Gasteiger partial charge on any atom is 0.431 e. The van der Waals surface area contributed by atoms with E-state index >= 15 is 0 Å². The zero-order valence-electron chi connectivity index (χ0n) is 16.3. The normalized spacial score (nSPS) is 12.1. The zero-order chi connectivity index (χ0) is 23.7. The van der Waals surface area contributed by atoms with E-state index in [4.69, 9.17) is 18.0 Å². The second-order valence-corrected chi connectivity index (χ2v) is 8.81. The van der Waals surface area contributed by atoms with Crippen LogP contribution in [0.25, 0.3) is 5.69 Å². The Balaban J connectivity index is 2.77. The fraction of sp³-hybridized carbons (Fsp3) is 0.353. The van der Waals surface area contributed by atoms with E-state index in [0.717, 1.165) is 13.1 Å². The lowest BCUT2D eigenvalue weighted by Gasteiger charge is -2.17. The van der Waals surface area contributed by atoms with Gasteiger partial charge in [-0.2, -0.15) is 13.2 Å². The summed E-state index contributed by atoms with van der Waals surface area (Å²) in [6.07, 6.45) is -4.13. The fourth-order valence-electron chi connectivity index (χ4n) is 2.69. The molecule has 2 aromatic rings. The maximum absolute atomic E-state index is 14.7. The number of unbranched alkanes of at least 4 members (excludes halogenated alkanes) is 1. The van der Waals surface area contributed by atoms with Crippen LogP contribution in [0.4, 0.5) is 23.2 Å². The number of thiocarbonyl (C=S) groups is 1. The van der Waals surface area contributed by atoms with Crippen LogP contribution in [0.1, 0.15) is 31.0 Å². The summed E-state index contributed by atoms with van der Waals surface area (Å²) in [6, 6.07) is 1.61. The summed E-state index contributed by atoms with van der Waals surface area (Å²) in [6.45, 7) is 1.76. The van der Waals surface area contributed by atoms with Gasteiger partial charge in [0.15, 0.2) is 0 Å². The fourth-order valence-corrected chi connectivity index (χ4v) is 4.14. The second kappa shape index (κ2) is 8.78. The molecule has 1 heterocycles. The first kappa shape index (κ1) is 24.5. The van der Waals surface area contributed by atoms with Gasteiger partial charge in [0.05, 0.1) is 17.1 Å². The van der Waals surface area contributed by atoms with Gasteiger partial charge in [0, 0.05) is 18.7 Å². The van der Waals surface area contributed by atoms with Gasteiger partial charge in [-0.1, -0.05) is 25.6 Å². The molecule has 0 saturated carbocycles. The molecule has 1 aromatic carbocycles. The zero-order valence-corrected chi connectivity index (χ0v) is 17.9. The van der Waals surface area contributed by atoms with Crippen LogP contribution in [-0.2, 0) is 23.2 Å². The largest absolute Gasteiger partial charge is 0.431 e. The average Bonchev–Trinajstić information content (AvgIpc) is 2.64. The summed E-state index contributed by atoms with van der Waals surface area (Å²) in [5, 5.41) is 0. The molecule has 0 spiro atoms. The molecule has 14 heteroatoms. The van der Waals surface area contributed by atoms with E-state index in [0.29, 0.717) is 18.9 Å². The molecule has 0 aliphatic carbocycles. The van der Waals surface area contributed by atoms with Gasteiger partial charge >= 0.3 is 11.9 Å². The lowest BCUT2D eigenvalue weighted by Crippen LogP contribution is -2.41. The van der Waals surface area contributed by atoms with Gasteiger partial charge in [0.25, 0.3) is 5.56 Å². The first-order chi connectivity index (χ1) is 14.2. The minimum absolute atomic E-state index is 0.132. The molecule has 0 fully saturated rings. The number of sulfonamides is 1. The van der Waals surface area contributed by atoms with Crippen molar-refractivity contribution in [2.75, 3.05) is 10.5 Å². The Morgan fingerprint density at radius 2 is 1.84 bits per heavy atom. The molecule has 0 bridgehead atoms. The van der Waals surface area contributed by atoms with Crippen LogP contribution in [0.3, 0.4) is 0 Å². The van der Waals surface area contributed by atoms with Crippen LogP contribution < -0.4 is 21.7 Å². The number of rotatable bonds is 7. The molecule has 0 radical (unpaired) electrons. The molecule has 170 valence electrons. The first-order valence-electron chi connectivity index (χ1n) is 8.74. The second-order valence-electron chi connectivity index (χ2n) is 6.53. The number of halogens is 4. The topological polar surface area (TPSA) is 116 Å². The van der Waals surface area contributed by atoms with Crippen molar-refractivity contribution >= 4 is 32.9 Å². The maximum atomic E-state index is 14.7. The minimum Gasteiger partial charge on any atom is -0.389 e. The number of benzene rings is 1. The molecule has 0 aliphatic heterocycles. The first-order valence-corrected chi connectivity index (χ1v) is 10.8.